The van der Waals surface area contributed by atoms with Gasteiger partial charge in [-0.2, -0.15) is 0 Å². The van der Waals surface area contributed by atoms with E-state index in [9.17, 15) is 14.4 Å². The first-order valence-electron chi connectivity index (χ1n) is 10.1. The largest absolute Gasteiger partial charge is 0.479 e. The molecule has 3 N–H and O–H groups in total. The number of hydrogen-bond acceptors (Lipinski definition) is 5. The van der Waals surface area contributed by atoms with Gasteiger partial charge < -0.3 is 15.2 Å². The van der Waals surface area contributed by atoms with Crippen LogP contribution in [-0.4, -0.2) is 41.8 Å². The second-order valence-electron chi connectivity index (χ2n) is 7.76. The normalized spacial score (nSPS) is 14.3. The van der Waals surface area contributed by atoms with Gasteiger partial charge in [-0.3, -0.25) is 9.63 Å². The van der Waals surface area contributed by atoms with E-state index in [-0.39, 0.29) is 18.4 Å². The summed E-state index contributed by atoms with van der Waals surface area (Å²) in [4.78, 5) is 40.4. The fourth-order valence-corrected chi connectivity index (χ4v) is 3.56. The van der Waals surface area contributed by atoms with E-state index in [2.05, 4.69) is 10.8 Å². The number of ether oxygens (including phenoxy) is 1. The smallest absolute Gasteiger partial charge is 0.407 e. The van der Waals surface area contributed by atoms with Crippen LogP contribution in [0.15, 0.2) is 48.5 Å². The first-order chi connectivity index (χ1) is 14.8. The highest BCUT2D eigenvalue weighted by molar-refractivity contribution is 5.85. The first kappa shape index (κ1) is 22.3. The molecule has 0 aromatic heterocycles. The maximum atomic E-state index is 12.4. The molecule has 2 aromatic carbocycles. The number of carbonyl (C=O) groups is 3. The van der Waals surface area contributed by atoms with Gasteiger partial charge in [0.1, 0.15) is 12.6 Å². The Labute approximate surface area is 180 Å². The lowest BCUT2D eigenvalue weighted by Crippen LogP contribution is -2.50. The van der Waals surface area contributed by atoms with Crippen molar-refractivity contribution in [2.24, 2.45) is 5.92 Å². The molecule has 0 saturated carbocycles. The zero-order chi connectivity index (χ0) is 22.5. The van der Waals surface area contributed by atoms with E-state index in [1.807, 2.05) is 48.5 Å². The fourth-order valence-electron chi connectivity index (χ4n) is 3.56. The van der Waals surface area contributed by atoms with E-state index in [1.165, 1.54) is 6.92 Å². The highest BCUT2D eigenvalue weighted by atomic mass is 16.7. The van der Waals surface area contributed by atoms with Crippen molar-refractivity contribution in [1.29, 1.82) is 0 Å². The van der Waals surface area contributed by atoms with Gasteiger partial charge in [0, 0.05) is 5.92 Å². The van der Waals surface area contributed by atoms with Gasteiger partial charge in [-0.1, -0.05) is 62.4 Å². The average Bonchev–Trinajstić information content (AvgIpc) is 3.07. The Bertz CT molecular complexity index is 929. The number of aliphatic carboxylic acids is 1. The fraction of sp³-hybridized carbons (Fsp3) is 0.348. The minimum Gasteiger partial charge on any atom is -0.479 e. The first-order valence-corrected chi connectivity index (χ1v) is 10.1. The molecule has 164 valence electrons. The molecule has 0 spiro atoms. The maximum absolute atomic E-state index is 12.4. The van der Waals surface area contributed by atoms with Crippen LogP contribution in [0.5, 0.6) is 0 Å². The molecule has 0 fully saturated rings. The van der Waals surface area contributed by atoms with E-state index < -0.39 is 30.1 Å². The lowest BCUT2D eigenvalue weighted by atomic mass is 9.98. The predicted molar refractivity (Wildman–Crippen MR) is 113 cm³/mol. The second-order valence-corrected chi connectivity index (χ2v) is 7.76. The van der Waals surface area contributed by atoms with Crippen LogP contribution >= 0.6 is 0 Å². The highest BCUT2D eigenvalue weighted by Gasteiger charge is 2.30. The quantitative estimate of drug-likeness (QED) is 0.559. The van der Waals surface area contributed by atoms with Crippen molar-refractivity contribution < 1.29 is 29.1 Å². The van der Waals surface area contributed by atoms with Gasteiger partial charge in [-0.15, -0.1) is 0 Å². The van der Waals surface area contributed by atoms with Crippen molar-refractivity contribution in [3.8, 4) is 11.1 Å². The third-order valence-corrected chi connectivity index (χ3v) is 5.25. The van der Waals surface area contributed by atoms with Crippen LogP contribution in [0.3, 0.4) is 0 Å². The highest BCUT2D eigenvalue weighted by Crippen LogP contribution is 2.44. The van der Waals surface area contributed by atoms with Crippen molar-refractivity contribution in [2.75, 3.05) is 6.61 Å². The molecule has 0 radical (unpaired) electrons. The minimum atomic E-state index is -1.22. The maximum Gasteiger partial charge on any atom is 0.407 e. The van der Waals surface area contributed by atoms with Gasteiger partial charge in [-0.05, 0) is 35.1 Å². The number of carbonyl (C=O) groups excluding carboxylic acids is 2. The molecular weight excluding hydrogens is 400 g/mol. The summed E-state index contributed by atoms with van der Waals surface area (Å²) < 4.78 is 5.47. The summed E-state index contributed by atoms with van der Waals surface area (Å²) in [6, 6.07) is 15.0. The number of amides is 2. The third kappa shape index (κ3) is 5.03. The van der Waals surface area contributed by atoms with Gasteiger partial charge in [0.15, 0.2) is 6.10 Å². The van der Waals surface area contributed by atoms with Gasteiger partial charge in [-0.25, -0.2) is 15.1 Å². The Kier molecular flexibility index (Phi) is 6.91. The molecule has 0 saturated heterocycles. The summed E-state index contributed by atoms with van der Waals surface area (Å²) in [5.74, 6) is -2.24. The number of alkyl carbamates (subject to hydrolysis) is 1. The van der Waals surface area contributed by atoms with E-state index in [0.717, 1.165) is 22.3 Å². The van der Waals surface area contributed by atoms with E-state index in [0.29, 0.717) is 0 Å². The summed E-state index contributed by atoms with van der Waals surface area (Å²) in [6.07, 6.45) is -1.95. The molecule has 1 unspecified atom stereocenters. The molecule has 3 rings (SSSR count). The number of hydrogen-bond donors (Lipinski definition) is 3. The van der Waals surface area contributed by atoms with Gasteiger partial charge >= 0.3 is 12.1 Å². The Morgan fingerprint density at radius 1 is 0.968 bits per heavy atom. The number of benzene rings is 2. The number of nitrogens with one attached hydrogen (secondary N) is 2. The van der Waals surface area contributed by atoms with Gasteiger partial charge in [0.05, 0.1) is 0 Å². The Hall–Kier alpha value is -3.39. The van der Waals surface area contributed by atoms with Crippen LogP contribution < -0.4 is 10.8 Å². The lowest BCUT2D eigenvalue weighted by molar-refractivity contribution is -0.159. The zero-order valence-electron chi connectivity index (χ0n) is 17.6. The number of rotatable bonds is 8. The molecule has 1 aliphatic rings. The molecule has 0 bridgehead atoms. The third-order valence-electron chi connectivity index (χ3n) is 5.25. The van der Waals surface area contributed by atoms with Crippen molar-refractivity contribution in [2.45, 2.75) is 38.8 Å². The van der Waals surface area contributed by atoms with Crippen LogP contribution in [0, 0.1) is 5.92 Å². The molecule has 0 aliphatic heterocycles. The number of hydroxylamine groups is 1. The minimum absolute atomic E-state index is 0.0933. The topological polar surface area (TPSA) is 114 Å². The van der Waals surface area contributed by atoms with Gasteiger partial charge in [0.2, 0.25) is 0 Å². The summed E-state index contributed by atoms with van der Waals surface area (Å²) >= 11 is 0. The Morgan fingerprint density at radius 3 is 2.03 bits per heavy atom. The summed E-state index contributed by atoms with van der Waals surface area (Å²) in [5, 5.41) is 11.4. The zero-order valence-corrected chi connectivity index (χ0v) is 17.6. The summed E-state index contributed by atoms with van der Waals surface area (Å²) in [5.41, 5.74) is 6.50. The number of carboxylic acids is 1. The molecule has 1 aliphatic carbocycles. The molecule has 8 heteroatoms. The second kappa shape index (κ2) is 9.61. The van der Waals surface area contributed by atoms with Crippen molar-refractivity contribution in [1.82, 2.24) is 10.8 Å². The van der Waals surface area contributed by atoms with E-state index in [4.69, 9.17) is 14.7 Å². The number of fused-ring (bicyclic) bond motifs is 3. The molecule has 0 heterocycles. The van der Waals surface area contributed by atoms with Gasteiger partial charge in [0.25, 0.3) is 5.91 Å². The molecule has 2 aromatic rings. The van der Waals surface area contributed by atoms with Crippen LogP contribution in [-0.2, 0) is 19.2 Å². The lowest BCUT2D eigenvalue weighted by Gasteiger charge is -2.22. The predicted octanol–water partition coefficient (Wildman–Crippen LogP) is 3.07. The van der Waals surface area contributed by atoms with E-state index in [1.54, 1.807) is 13.8 Å². The molecule has 2 atom stereocenters. The van der Waals surface area contributed by atoms with Crippen molar-refractivity contribution >= 4 is 18.0 Å². The summed E-state index contributed by atoms with van der Waals surface area (Å²) in [6.45, 7) is 4.90. The Morgan fingerprint density at radius 2 is 1.52 bits per heavy atom. The molecule has 31 heavy (non-hydrogen) atoms. The SMILES string of the molecule is CC(ONC(=O)[C@@H](NC(=O)OCC1c2ccccc2-c2ccccc21)C(C)C)C(=O)O. The standard InChI is InChI=1S/C23H26N2O6/c1-13(2)20(21(26)25-31-14(3)22(27)28)24-23(29)30-12-19-17-10-6-4-8-15(17)16-9-5-7-11-18(16)19/h4-11,13-14,19-20H,12H2,1-3H3,(H,24,29)(H,25,26)(H,27,28)/t14?,20-/m0/s1. The van der Waals surface area contributed by atoms with Crippen molar-refractivity contribution in [3.05, 3.63) is 59.7 Å². The van der Waals surface area contributed by atoms with E-state index >= 15 is 0 Å². The van der Waals surface area contributed by atoms with Crippen LogP contribution in [0.1, 0.15) is 37.8 Å². The average molecular weight is 426 g/mol. The van der Waals surface area contributed by atoms with Crippen LogP contribution in [0.25, 0.3) is 11.1 Å². The number of carboxylic acid groups (broad SMARTS) is 1. The van der Waals surface area contributed by atoms with Crippen molar-refractivity contribution in [3.63, 3.8) is 0 Å². The molecule has 8 nitrogen and oxygen atoms in total. The monoisotopic (exact) mass is 426 g/mol. The molecule has 2 amide bonds. The van der Waals surface area contributed by atoms with Crippen LogP contribution in [0.4, 0.5) is 4.79 Å². The summed E-state index contributed by atoms with van der Waals surface area (Å²) in [7, 11) is 0. The molecular formula is C23H26N2O6. The Balaban J connectivity index is 1.62. The van der Waals surface area contributed by atoms with Crippen LogP contribution in [0.2, 0.25) is 0 Å².